The Kier molecular flexibility index (Phi) is 5.08. The second kappa shape index (κ2) is 6.44. The van der Waals surface area contributed by atoms with Crippen LogP contribution in [-0.2, 0) is 11.2 Å². The van der Waals surface area contributed by atoms with Crippen LogP contribution in [0.2, 0.25) is 0 Å². The third kappa shape index (κ3) is 4.87. The highest BCUT2D eigenvalue weighted by molar-refractivity contribution is 5.27. The molecule has 1 aromatic carbocycles. The second-order valence-corrected chi connectivity index (χ2v) is 3.21. The predicted octanol–water partition coefficient (Wildman–Crippen LogP) is 2.66. The minimum atomic E-state index is 0.935. The Morgan fingerprint density at radius 3 is 2.14 bits per heavy atom. The van der Waals surface area contributed by atoms with Crippen molar-refractivity contribution >= 4 is 0 Å². The van der Waals surface area contributed by atoms with Gasteiger partial charge in [-0.2, -0.15) is 0 Å². The van der Waals surface area contributed by atoms with Crippen LogP contribution in [0, 0.1) is 0 Å². The first-order chi connectivity index (χ1) is 6.86. The topological polar surface area (TPSA) is 21.8 Å². The zero-order valence-electron chi connectivity index (χ0n) is 8.95. The highest BCUT2D eigenvalue weighted by Crippen LogP contribution is 2.11. The van der Waals surface area contributed by atoms with Crippen LogP contribution in [0.5, 0.6) is 5.75 Å². The van der Waals surface area contributed by atoms with E-state index in [9.17, 15) is 0 Å². The van der Waals surface area contributed by atoms with Crippen LogP contribution >= 0.6 is 0 Å². The SMILES string of the molecule is C1CO1.CCCc1ccc(OC)cc1. The molecule has 0 bridgehead atoms. The van der Waals surface area contributed by atoms with E-state index in [-0.39, 0.29) is 0 Å². The summed E-state index contributed by atoms with van der Waals surface area (Å²) in [6.45, 7) is 4.18. The van der Waals surface area contributed by atoms with Crippen molar-refractivity contribution in [3.8, 4) is 5.75 Å². The molecule has 1 aromatic rings. The van der Waals surface area contributed by atoms with E-state index in [0.717, 1.165) is 25.4 Å². The Morgan fingerprint density at radius 2 is 1.79 bits per heavy atom. The summed E-state index contributed by atoms with van der Waals surface area (Å²) in [4.78, 5) is 0. The van der Waals surface area contributed by atoms with Gasteiger partial charge in [-0.15, -0.1) is 0 Å². The molecule has 1 heterocycles. The minimum absolute atomic E-state index is 0.935. The van der Waals surface area contributed by atoms with E-state index in [1.165, 1.54) is 12.0 Å². The molecular formula is C12H18O2. The van der Waals surface area contributed by atoms with E-state index in [1.807, 2.05) is 12.1 Å². The minimum Gasteiger partial charge on any atom is -0.497 e. The van der Waals surface area contributed by atoms with Gasteiger partial charge in [-0.25, -0.2) is 0 Å². The fraction of sp³-hybridized carbons (Fsp3) is 0.500. The zero-order valence-corrected chi connectivity index (χ0v) is 8.95. The summed E-state index contributed by atoms with van der Waals surface area (Å²) >= 11 is 0. The van der Waals surface area contributed by atoms with Gasteiger partial charge in [-0.1, -0.05) is 25.5 Å². The third-order valence-electron chi connectivity index (χ3n) is 1.90. The first kappa shape index (κ1) is 11.1. The molecule has 0 saturated carbocycles. The first-order valence-electron chi connectivity index (χ1n) is 5.07. The summed E-state index contributed by atoms with van der Waals surface area (Å²) in [6, 6.07) is 8.24. The lowest BCUT2D eigenvalue weighted by atomic mass is 10.1. The Labute approximate surface area is 85.8 Å². The van der Waals surface area contributed by atoms with E-state index >= 15 is 0 Å². The molecule has 1 fully saturated rings. The van der Waals surface area contributed by atoms with Crippen LogP contribution in [0.15, 0.2) is 24.3 Å². The quantitative estimate of drug-likeness (QED) is 0.690. The van der Waals surface area contributed by atoms with Crippen LogP contribution < -0.4 is 4.74 Å². The number of epoxide rings is 1. The summed E-state index contributed by atoms with van der Waals surface area (Å²) in [7, 11) is 1.69. The standard InChI is InChI=1S/C10H14O.C2H4O/c1-3-4-9-5-7-10(11-2)8-6-9;1-2-3-1/h5-8H,3-4H2,1-2H3;1-2H2. The largest absolute Gasteiger partial charge is 0.497 e. The fourth-order valence-electron chi connectivity index (χ4n) is 1.08. The van der Waals surface area contributed by atoms with Gasteiger partial charge in [0.25, 0.3) is 0 Å². The molecule has 0 amide bonds. The molecule has 0 spiro atoms. The lowest BCUT2D eigenvalue weighted by molar-refractivity contribution is 0.414. The maximum absolute atomic E-state index is 5.05. The van der Waals surface area contributed by atoms with Crippen molar-refractivity contribution in [2.75, 3.05) is 20.3 Å². The molecule has 1 saturated heterocycles. The van der Waals surface area contributed by atoms with Crippen molar-refractivity contribution in [1.82, 2.24) is 0 Å². The number of benzene rings is 1. The van der Waals surface area contributed by atoms with E-state index in [1.54, 1.807) is 7.11 Å². The van der Waals surface area contributed by atoms with Crippen molar-refractivity contribution in [2.24, 2.45) is 0 Å². The molecule has 2 rings (SSSR count). The average molecular weight is 194 g/mol. The second-order valence-electron chi connectivity index (χ2n) is 3.21. The monoisotopic (exact) mass is 194 g/mol. The van der Waals surface area contributed by atoms with E-state index in [0.29, 0.717) is 0 Å². The van der Waals surface area contributed by atoms with Crippen LogP contribution in [-0.4, -0.2) is 20.3 Å². The van der Waals surface area contributed by atoms with Crippen molar-refractivity contribution in [3.05, 3.63) is 29.8 Å². The van der Waals surface area contributed by atoms with E-state index in [2.05, 4.69) is 23.8 Å². The van der Waals surface area contributed by atoms with Crippen molar-refractivity contribution in [1.29, 1.82) is 0 Å². The summed E-state index contributed by atoms with van der Waals surface area (Å²) in [5, 5.41) is 0. The van der Waals surface area contributed by atoms with Crippen molar-refractivity contribution in [3.63, 3.8) is 0 Å². The predicted molar refractivity (Wildman–Crippen MR) is 57.8 cm³/mol. The third-order valence-corrected chi connectivity index (χ3v) is 1.90. The van der Waals surface area contributed by atoms with Crippen molar-refractivity contribution < 1.29 is 9.47 Å². The lowest BCUT2D eigenvalue weighted by Crippen LogP contribution is -1.84. The summed E-state index contributed by atoms with van der Waals surface area (Å²) in [5.74, 6) is 0.935. The Bertz CT molecular complexity index is 236. The van der Waals surface area contributed by atoms with Crippen LogP contribution in [0.3, 0.4) is 0 Å². The Hall–Kier alpha value is -1.02. The maximum atomic E-state index is 5.05. The molecule has 78 valence electrons. The number of hydrogen-bond acceptors (Lipinski definition) is 2. The van der Waals surface area contributed by atoms with Gasteiger partial charge in [0, 0.05) is 0 Å². The maximum Gasteiger partial charge on any atom is 0.118 e. The molecule has 2 heteroatoms. The van der Waals surface area contributed by atoms with Gasteiger partial charge in [-0.05, 0) is 24.1 Å². The van der Waals surface area contributed by atoms with E-state index < -0.39 is 0 Å². The average Bonchev–Trinajstić information content (AvgIpc) is 3.06. The van der Waals surface area contributed by atoms with Gasteiger partial charge in [0.15, 0.2) is 0 Å². The number of ether oxygens (including phenoxy) is 2. The summed E-state index contributed by atoms with van der Waals surface area (Å²) in [6.07, 6.45) is 2.36. The Morgan fingerprint density at radius 1 is 1.21 bits per heavy atom. The summed E-state index contributed by atoms with van der Waals surface area (Å²) in [5.41, 5.74) is 1.38. The van der Waals surface area contributed by atoms with Gasteiger partial charge in [0.05, 0.1) is 20.3 Å². The smallest absolute Gasteiger partial charge is 0.118 e. The molecule has 0 radical (unpaired) electrons. The molecule has 0 aromatic heterocycles. The molecule has 0 unspecified atom stereocenters. The molecule has 0 N–H and O–H groups in total. The number of hydrogen-bond donors (Lipinski definition) is 0. The lowest BCUT2D eigenvalue weighted by Gasteiger charge is -2.00. The fourth-order valence-corrected chi connectivity index (χ4v) is 1.08. The van der Waals surface area contributed by atoms with Crippen LogP contribution in [0.4, 0.5) is 0 Å². The molecular weight excluding hydrogens is 176 g/mol. The molecule has 0 atom stereocenters. The van der Waals surface area contributed by atoms with Gasteiger partial charge in [0.2, 0.25) is 0 Å². The highest BCUT2D eigenvalue weighted by atomic mass is 16.6. The van der Waals surface area contributed by atoms with Gasteiger partial charge in [0.1, 0.15) is 5.75 Å². The highest BCUT2D eigenvalue weighted by Gasteiger charge is 1.94. The summed E-state index contributed by atoms with van der Waals surface area (Å²) < 4.78 is 9.55. The molecule has 1 aliphatic heterocycles. The zero-order chi connectivity index (χ0) is 10.2. The van der Waals surface area contributed by atoms with E-state index in [4.69, 9.17) is 4.74 Å². The Balaban J connectivity index is 0.000000276. The van der Waals surface area contributed by atoms with Crippen molar-refractivity contribution in [2.45, 2.75) is 19.8 Å². The molecule has 0 aliphatic carbocycles. The number of rotatable bonds is 3. The van der Waals surface area contributed by atoms with Gasteiger partial charge in [-0.3, -0.25) is 0 Å². The van der Waals surface area contributed by atoms with Crippen LogP contribution in [0.1, 0.15) is 18.9 Å². The molecule has 1 aliphatic rings. The van der Waals surface area contributed by atoms with Crippen LogP contribution in [0.25, 0.3) is 0 Å². The normalized spacial score (nSPS) is 12.7. The molecule has 14 heavy (non-hydrogen) atoms. The number of aryl methyl sites for hydroxylation is 1. The number of methoxy groups -OCH3 is 1. The molecule has 2 nitrogen and oxygen atoms in total. The van der Waals surface area contributed by atoms with Gasteiger partial charge < -0.3 is 9.47 Å². The van der Waals surface area contributed by atoms with Gasteiger partial charge >= 0.3 is 0 Å². The first-order valence-corrected chi connectivity index (χ1v) is 5.07.